The zero-order valence-electron chi connectivity index (χ0n) is 18.0. The molecule has 1 aliphatic rings. The summed E-state index contributed by atoms with van der Waals surface area (Å²) in [6.07, 6.45) is 1.41. The fraction of sp³-hybridized carbons (Fsp3) is 0.0400. The molecule has 0 aromatic heterocycles. The lowest BCUT2D eigenvalue weighted by Crippen LogP contribution is -2.54. The van der Waals surface area contributed by atoms with Gasteiger partial charge in [0.05, 0.1) is 21.4 Å². The lowest BCUT2D eigenvalue weighted by atomic mass is 10.1. The average molecular weight is 526 g/mol. The number of benzene rings is 3. The maximum Gasteiger partial charge on any atom is 0.270 e. The number of anilines is 2. The van der Waals surface area contributed by atoms with Gasteiger partial charge >= 0.3 is 0 Å². The average Bonchev–Trinajstić information content (AvgIpc) is 2.83. The van der Waals surface area contributed by atoms with Crippen molar-refractivity contribution in [1.82, 2.24) is 5.32 Å². The number of amides is 3. The van der Waals surface area contributed by atoms with Crippen molar-refractivity contribution >= 4 is 75.7 Å². The Morgan fingerprint density at radius 2 is 1.71 bits per heavy atom. The molecule has 1 heterocycles. The second-order valence-corrected chi connectivity index (χ2v) is 8.50. The first kappa shape index (κ1) is 24.4. The number of nitrogens with one attached hydrogen (secondary N) is 2. The van der Waals surface area contributed by atoms with Gasteiger partial charge < -0.3 is 10.1 Å². The van der Waals surface area contributed by atoms with Crippen LogP contribution in [0, 0.1) is 0 Å². The van der Waals surface area contributed by atoms with E-state index in [1.165, 1.54) is 17.0 Å². The molecule has 0 radical (unpaired) electrons. The number of nitrogens with zero attached hydrogens (tertiary/aromatic N) is 1. The van der Waals surface area contributed by atoms with Crippen molar-refractivity contribution in [3.05, 3.63) is 94.0 Å². The number of para-hydroxylation sites is 2. The third-order valence-electron chi connectivity index (χ3n) is 4.89. The predicted octanol–water partition coefficient (Wildman–Crippen LogP) is 4.84. The van der Waals surface area contributed by atoms with Crippen LogP contribution >= 0.6 is 35.4 Å². The van der Waals surface area contributed by atoms with Crippen LogP contribution in [-0.2, 0) is 14.4 Å². The summed E-state index contributed by atoms with van der Waals surface area (Å²) >= 11 is 17.5. The Kier molecular flexibility index (Phi) is 7.45. The Morgan fingerprint density at radius 1 is 1.00 bits per heavy atom. The van der Waals surface area contributed by atoms with Gasteiger partial charge in [-0.2, -0.15) is 0 Å². The van der Waals surface area contributed by atoms with Crippen molar-refractivity contribution < 1.29 is 19.1 Å². The second-order valence-electron chi connectivity index (χ2n) is 7.30. The molecule has 4 rings (SSSR count). The van der Waals surface area contributed by atoms with Crippen molar-refractivity contribution in [1.29, 1.82) is 0 Å². The summed E-state index contributed by atoms with van der Waals surface area (Å²) in [6.45, 7) is -0.296. The second kappa shape index (κ2) is 10.7. The van der Waals surface area contributed by atoms with Gasteiger partial charge in [-0.25, -0.2) is 0 Å². The van der Waals surface area contributed by atoms with E-state index in [0.717, 1.165) is 0 Å². The molecule has 176 valence electrons. The lowest BCUT2D eigenvalue weighted by molar-refractivity contribution is -0.122. The number of carbonyl (C=O) groups is 3. The summed E-state index contributed by atoms with van der Waals surface area (Å²) in [6, 6.07) is 20.3. The quantitative estimate of drug-likeness (QED) is 0.273. The molecule has 0 unspecified atom stereocenters. The summed E-state index contributed by atoms with van der Waals surface area (Å²) in [7, 11) is 0. The molecule has 1 saturated heterocycles. The van der Waals surface area contributed by atoms with Crippen molar-refractivity contribution in [2.75, 3.05) is 16.8 Å². The number of thiocarbonyl (C=S) groups is 1. The van der Waals surface area contributed by atoms with E-state index >= 15 is 0 Å². The molecular formula is C25H17Cl2N3O4S. The van der Waals surface area contributed by atoms with E-state index < -0.39 is 17.7 Å². The first-order valence-corrected chi connectivity index (χ1v) is 11.4. The monoisotopic (exact) mass is 525 g/mol. The first-order valence-electron chi connectivity index (χ1n) is 10.3. The van der Waals surface area contributed by atoms with Gasteiger partial charge in [0.15, 0.2) is 11.7 Å². The molecule has 0 atom stereocenters. The van der Waals surface area contributed by atoms with E-state index in [9.17, 15) is 14.4 Å². The van der Waals surface area contributed by atoms with Gasteiger partial charge in [-0.15, -0.1) is 0 Å². The molecule has 1 fully saturated rings. The fourth-order valence-corrected chi connectivity index (χ4v) is 3.96. The van der Waals surface area contributed by atoms with E-state index in [4.69, 9.17) is 40.2 Å². The molecule has 0 aliphatic carbocycles. The van der Waals surface area contributed by atoms with Gasteiger partial charge in [0, 0.05) is 0 Å². The summed E-state index contributed by atoms with van der Waals surface area (Å²) in [4.78, 5) is 39.0. The third kappa shape index (κ3) is 5.68. The van der Waals surface area contributed by atoms with Crippen LogP contribution in [0.15, 0.2) is 78.4 Å². The maximum absolute atomic E-state index is 13.1. The van der Waals surface area contributed by atoms with Gasteiger partial charge in [0.2, 0.25) is 0 Å². The van der Waals surface area contributed by atoms with Crippen LogP contribution in [0.4, 0.5) is 11.4 Å². The van der Waals surface area contributed by atoms with Crippen LogP contribution in [0.1, 0.15) is 5.56 Å². The normalized spacial score (nSPS) is 14.6. The van der Waals surface area contributed by atoms with Gasteiger partial charge in [0.25, 0.3) is 17.7 Å². The number of ether oxygens (including phenoxy) is 1. The highest BCUT2D eigenvalue weighted by molar-refractivity contribution is 7.80. The van der Waals surface area contributed by atoms with Crippen LogP contribution in [0.5, 0.6) is 5.75 Å². The highest BCUT2D eigenvalue weighted by atomic mass is 35.5. The lowest BCUT2D eigenvalue weighted by Gasteiger charge is -2.28. The van der Waals surface area contributed by atoms with Crippen molar-refractivity contribution in [2.45, 2.75) is 0 Å². The topological polar surface area (TPSA) is 87.7 Å². The number of halogens is 2. The molecule has 3 aromatic rings. The van der Waals surface area contributed by atoms with E-state index in [2.05, 4.69) is 10.6 Å². The van der Waals surface area contributed by atoms with Crippen LogP contribution in [-0.4, -0.2) is 29.4 Å². The van der Waals surface area contributed by atoms with Crippen LogP contribution in [0.3, 0.4) is 0 Å². The minimum Gasteiger partial charge on any atom is -0.482 e. The van der Waals surface area contributed by atoms with E-state index in [1.54, 1.807) is 60.7 Å². The summed E-state index contributed by atoms with van der Waals surface area (Å²) in [5.41, 5.74) is 1.38. The molecule has 0 saturated carbocycles. The van der Waals surface area contributed by atoms with Crippen molar-refractivity contribution in [2.24, 2.45) is 0 Å². The zero-order chi connectivity index (χ0) is 24.9. The van der Waals surface area contributed by atoms with Gasteiger partial charge in [-0.05, 0) is 60.3 Å². The molecule has 1 aliphatic heterocycles. The first-order chi connectivity index (χ1) is 16.8. The fourth-order valence-electron chi connectivity index (χ4n) is 3.25. The minimum absolute atomic E-state index is 0.000183. The Morgan fingerprint density at radius 3 is 2.43 bits per heavy atom. The molecule has 3 aromatic carbocycles. The van der Waals surface area contributed by atoms with Gasteiger partial charge in [-0.3, -0.25) is 24.6 Å². The summed E-state index contributed by atoms with van der Waals surface area (Å²) in [5.74, 6) is -1.33. The Hall–Kier alpha value is -3.72. The molecule has 0 spiro atoms. The van der Waals surface area contributed by atoms with E-state index in [0.29, 0.717) is 22.0 Å². The Bertz CT molecular complexity index is 1360. The molecule has 35 heavy (non-hydrogen) atoms. The number of hydrogen-bond donors (Lipinski definition) is 2. The highest BCUT2D eigenvalue weighted by Crippen LogP contribution is 2.28. The summed E-state index contributed by atoms with van der Waals surface area (Å²) < 4.78 is 5.51. The summed E-state index contributed by atoms with van der Waals surface area (Å²) in [5, 5.41) is 5.78. The molecule has 2 N–H and O–H groups in total. The number of rotatable bonds is 6. The smallest absolute Gasteiger partial charge is 0.270 e. The SMILES string of the molecule is O=C(COc1ccc(/C=C2/C(=O)NC(=S)N(c3ccccc3)C2=O)cc1Cl)Nc1ccccc1Cl. The van der Waals surface area contributed by atoms with Crippen LogP contribution in [0.25, 0.3) is 6.08 Å². The van der Waals surface area contributed by atoms with Crippen LogP contribution in [0.2, 0.25) is 10.0 Å². The zero-order valence-corrected chi connectivity index (χ0v) is 20.3. The van der Waals surface area contributed by atoms with Gasteiger partial charge in [0.1, 0.15) is 11.3 Å². The molecular weight excluding hydrogens is 509 g/mol. The predicted molar refractivity (Wildman–Crippen MR) is 140 cm³/mol. The van der Waals surface area contributed by atoms with Gasteiger partial charge in [-0.1, -0.05) is 59.6 Å². The Labute approximate surface area is 216 Å². The third-order valence-corrected chi connectivity index (χ3v) is 5.80. The molecule has 0 bridgehead atoms. The Balaban J connectivity index is 1.47. The van der Waals surface area contributed by atoms with E-state index in [-0.39, 0.29) is 28.1 Å². The molecule has 7 nitrogen and oxygen atoms in total. The van der Waals surface area contributed by atoms with Crippen LogP contribution < -0.4 is 20.3 Å². The van der Waals surface area contributed by atoms with Crippen molar-refractivity contribution in [3.8, 4) is 5.75 Å². The van der Waals surface area contributed by atoms with Crippen molar-refractivity contribution in [3.63, 3.8) is 0 Å². The highest BCUT2D eigenvalue weighted by Gasteiger charge is 2.34. The molecule has 3 amide bonds. The molecule has 10 heteroatoms. The number of carbonyl (C=O) groups excluding carboxylic acids is 3. The standard InChI is InChI=1S/C25H17Cl2N3O4S/c26-18-8-4-5-9-20(18)28-22(31)14-34-21-11-10-15(13-19(21)27)12-17-23(32)29-25(35)30(24(17)33)16-6-2-1-3-7-16/h1-13H,14H2,(H,28,31)(H,29,32,35)/b17-12-. The maximum atomic E-state index is 13.1. The minimum atomic E-state index is -0.611. The largest absolute Gasteiger partial charge is 0.482 e. The number of hydrogen-bond acceptors (Lipinski definition) is 5. The van der Waals surface area contributed by atoms with E-state index in [1.807, 2.05) is 6.07 Å².